The highest BCUT2D eigenvalue weighted by atomic mass is 35.5. The van der Waals surface area contributed by atoms with Crippen LogP contribution in [0, 0.1) is 0 Å². The smallest absolute Gasteiger partial charge is 0.336 e. The highest BCUT2D eigenvalue weighted by Crippen LogP contribution is 2.32. The second-order valence-corrected chi connectivity index (χ2v) is 6.91. The van der Waals surface area contributed by atoms with Gasteiger partial charge in [0.2, 0.25) is 0 Å². The van der Waals surface area contributed by atoms with Crippen LogP contribution in [0.15, 0.2) is 48.5 Å². The molecular weight excluding hydrogens is 377 g/mol. The molecule has 2 atom stereocenters. The van der Waals surface area contributed by atoms with Crippen LogP contribution < -0.4 is 10.7 Å². The van der Waals surface area contributed by atoms with E-state index in [2.05, 4.69) is 10.7 Å². The molecule has 2 unspecified atom stereocenters. The van der Waals surface area contributed by atoms with Gasteiger partial charge < -0.3 is 10.4 Å². The average molecular weight is 394 g/mol. The van der Waals surface area contributed by atoms with Crippen LogP contribution in [0.4, 0.5) is 10.5 Å². The van der Waals surface area contributed by atoms with E-state index in [0.717, 1.165) is 5.56 Å². The van der Waals surface area contributed by atoms with E-state index in [1.807, 2.05) is 12.1 Å². The number of rotatable bonds is 4. The van der Waals surface area contributed by atoms with Crippen LogP contribution in [-0.2, 0) is 4.79 Å². The van der Waals surface area contributed by atoms with Gasteiger partial charge in [0.15, 0.2) is 0 Å². The Hall–Kier alpha value is -2.28. The predicted octanol–water partition coefficient (Wildman–Crippen LogP) is 4.32. The van der Waals surface area contributed by atoms with E-state index in [0.29, 0.717) is 22.2 Å². The molecule has 0 spiro atoms. The van der Waals surface area contributed by atoms with Crippen LogP contribution in [0.5, 0.6) is 0 Å². The fourth-order valence-corrected chi connectivity index (χ4v) is 3.29. The summed E-state index contributed by atoms with van der Waals surface area (Å²) in [6.45, 7) is 0. The molecule has 3 N–H and O–H groups in total. The molecule has 0 aromatic heterocycles. The first-order valence-electron chi connectivity index (χ1n) is 8.01. The summed E-state index contributed by atoms with van der Waals surface area (Å²) in [7, 11) is 0. The lowest BCUT2D eigenvalue weighted by molar-refractivity contribution is -0.137. The van der Waals surface area contributed by atoms with Gasteiger partial charge in [-0.05, 0) is 42.3 Å². The van der Waals surface area contributed by atoms with E-state index in [9.17, 15) is 9.59 Å². The summed E-state index contributed by atoms with van der Waals surface area (Å²) in [5.41, 5.74) is 4.42. The minimum Gasteiger partial charge on any atom is -0.481 e. The number of urea groups is 1. The van der Waals surface area contributed by atoms with Crippen molar-refractivity contribution in [2.75, 3.05) is 5.32 Å². The van der Waals surface area contributed by atoms with Gasteiger partial charge in [-0.15, -0.1) is 0 Å². The van der Waals surface area contributed by atoms with Crippen LogP contribution in [0.2, 0.25) is 10.0 Å². The molecule has 1 fully saturated rings. The monoisotopic (exact) mass is 393 g/mol. The fourth-order valence-electron chi connectivity index (χ4n) is 2.97. The van der Waals surface area contributed by atoms with Gasteiger partial charge >= 0.3 is 12.0 Å². The number of carbonyl (C=O) groups excluding carboxylic acids is 1. The van der Waals surface area contributed by atoms with E-state index in [1.165, 1.54) is 5.01 Å². The van der Waals surface area contributed by atoms with Crippen molar-refractivity contribution >= 4 is 40.9 Å². The summed E-state index contributed by atoms with van der Waals surface area (Å²) in [5, 5.41) is 14.4. The number of benzene rings is 2. The van der Waals surface area contributed by atoms with Crippen molar-refractivity contribution in [3.05, 3.63) is 64.1 Å². The van der Waals surface area contributed by atoms with Crippen LogP contribution in [-0.4, -0.2) is 28.2 Å². The van der Waals surface area contributed by atoms with E-state index in [-0.39, 0.29) is 24.5 Å². The molecule has 1 saturated heterocycles. The lowest BCUT2D eigenvalue weighted by atomic mass is 10.00. The Morgan fingerprint density at radius 3 is 2.54 bits per heavy atom. The third-order valence-electron chi connectivity index (χ3n) is 4.11. The Morgan fingerprint density at radius 1 is 1.15 bits per heavy atom. The molecule has 0 radical (unpaired) electrons. The fraction of sp³-hybridized carbons (Fsp3) is 0.222. The number of anilines is 1. The Bertz CT molecular complexity index is 814. The highest BCUT2D eigenvalue weighted by Gasteiger charge is 2.37. The summed E-state index contributed by atoms with van der Waals surface area (Å²) in [6, 6.07) is 12.9. The van der Waals surface area contributed by atoms with Crippen LogP contribution in [0.25, 0.3) is 0 Å². The normalized spacial score (nSPS) is 19.4. The van der Waals surface area contributed by atoms with Gasteiger partial charge in [0.25, 0.3) is 0 Å². The number of hydrazine groups is 1. The number of carbonyl (C=O) groups is 2. The number of carboxylic acids is 1. The van der Waals surface area contributed by atoms with Crippen molar-refractivity contribution in [3.63, 3.8) is 0 Å². The van der Waals surface area contributed by atoms with E-state index < -0.39 is 5.97 Å². The summed E-state index contributed by atoms with van der Waals surface area (Å²) in [6.07, 6.45) is 0.405. The van der Waals surface area contributed by atoms with Crippen LogP contribution >= 0.6 is 23.2 Å². The maximum atomic E-state index is 12.7. The van der Waals surface area contributed by atoms with Crippen molar-refractivity contribution in [1.29, 1.82) is 0 Å². The van der Waals surface area contributed by atoms with Crippen LogP contribution in [0.1, 0.15) is 24.4 Å². The number of nitrogens with zero attached hydrogens (tertiary/aromatic N) is 1. The summed E-state index contributed by atoms with van der Waals surface area (Å²) >= 11 is 11.9. The molecule has 1 heterocycles. The van der Waals surface area contributed by atoms with Gasteiger partial charge in [0, 0.05) is 21.8 Å². The van der Waals surface area contributed by atoms with Crippen molar-refractivity contribution in [2.24, 2.45) is 0 Å². The van der Waals surface area contributed by atoms with E-state index in [1.54, 1.807) is 36.4 Å². The molecule has 0 saturated carbocycles. The second-order valence-electron chi connectivity index (χ2n) is 6.04. The van der Waals surface area contributed by atoms with Crippen molar-refractivity contribution in [2.45, 2.75) is 24.9 Å². The zero-order valence-corrected chi connectivity index (χ0v) is 15.2. The third kappa shape index (κ3) is 4.46. The Labute approximate surface area is 160 Å². The standard InChI is InChI=1S/C18H17Cl2N3O3/c19-12-6-4-11(5-7-12)16-9-15(10-17(24)25)22-23(16)18(26)21-14-3-1-2-13(20)8-14/h1-8,15-16,22H,9-10H2,(H,21,26)(H,24,25). The molecule has 136 valence electrons. The lowest BCUT2D eigenvalue weighted by Crippen LogP contribution is -2.44. The van der Waals surface area contributed by atoms with Gasteiger partial charge in [-0.3, -0.25) is 9.80 Å². The molecule has 8 heteroatoms. The summed E-state index contributed by atoms with van der Waals surface area (Å²) in [5.74, 6) is -0.922. The molecule has 6 nitrogen and oxygen atoms in total. The van der Waals surface area contributed by atoms with Crippen molar-refractivity contribution in [3.8, 4) is 0 Å². The highest BCUT2D eigenvalue weighted by molar-refractivity contribution is 6.31. The Morgan fingerprint density at radius 2 is 1.88 bits per heavy atom. The second kappa shape index (κ2) is 7.95. The number of carboxylic acid groups (broad SMARTS) is 1. The maximum absolute atomic E-state index is 12.7. The predicted molar refractivity (Wildman–Crippen MR) is 100 cm³/mol. The summed E-state index contributed by atoms with van der Waals surface area (Å²) in [4.78, 5) is 23.8. The van der Waals surface area contributed by atoms with Crippen LogP contribution in [0.3, 0.4) is 0 Å². The number of aliphatic carboxylic acids is 1. The quantitative estimate of drug-likeness (QED) is 0.722. The molecule has 1 aliphatic heterocycles. The third-order valence-corrected chi connectivity index (χ3v) is 4.60. The molecule has 2 aromatic carbocycles. The molecular formula is C18H17Cl2N3O3. The van der Waals surface area contributed by atoms with E-state index in [4.69, 9.17) is 28.3 Å². The molecule has 0 aliphatic carbocycles. The Kier molecular flexibility index (Phi) is 5.66. The number of halogens is 2. The minimum atomic E-state index is -0.922. The van der Waals surface area contributed by atoms with Gasteiger partial charge in [-0.25, -0.2) is 10.2 Å². The number of hydrogen-bond donors (Lipinski definition) is 3. The zero-order chi connectivity index (χ0) is 18.7. The first-order chi connectivity index (χ1) is 12.4. The van der Waals surface area contributed by atoms with Gasteiger partial charge in [-0.2, -0.15) is 0 Å². The molecule has 0 bridgehead atoms. The maximum Gasteiger partial charge on any atom is 0.336 e. The molecule has 1 aliphatic rings. The van der Waals surface area contributed by atoms with E-state index >= 15 is 0 Å². The first kappa shape index (κ1) is 18.5. The lowest BCUT2D eigenvalue weighted by Gasteiger charge is -2.25. The topological polar surface area (TPSA) is 81.7 Å². The first-order valence-corrected chi connectivity index (χ1v) is 8.77. The molecule has 26 heavy (non-hydrogen) atoms. The Balaban J connectivity index is 1.81. The number of amides is 2. The average Bonchev–Trinajstić information content (AvgIpc) is 2.98. The van der Waals surface area contributed by atoms with Gasteiger partial charge in [0.1, 0.15) is 0 Å². The zero-order valence-electron chi connectivity index (χ0n) is 13.7. The SMILES string of the molecule is O=C(O)CC1CC(c2ccc(Cl)cc2)N(C(=O)Nc2cccc(Cl)c2)N1. The molecule has 2 amide bonds. The van der Waals surface area contributed by atoms with Crippen molar-refractivity contribution < 1.29 is 14.7 Å². The van der Waals surface area contributed by atoms with Gasteiger partial charge in [0.05, 0.1) is 12.5 Å². The number of hydrogen-bond acceptors (Lipinski definition) is 3. The van der Waals surface area contributed by atoms with Gasteiger partial charge in [-0.1, -0.05) is 41.4 Å². The number of nitrogens with one attached hydrogen (secondary N) is 2. The van der Waals surface area contributed by atoms with Crippen molar-refractivity contribution in [1.82, 2.24) is 10.4 Å². The minimum absolute atomic E-state index is 0.0783. The molecule has 2 aromatic rings. The molecule has 3 rings (SSSR count). The largest absolute Gasteiger partial charge is 0.481 e. The summed E-state index contributed by atoms with van der Waals surface area (Å²) < 4.78 is 0.